The highest BCUT2D eigenvalue weighted by atomic mass is 16.5. The van der Waals surface area contributed by atoms with Crippen LogP contribution in [0, 0.1) is 17.3 Å². The van der Waals surface area contributed by atoms with E-state index in [-0.39, 0.29) is 35.6 Å². The van der Waals surface area contributed by atoms with E-state index in [2.05, 4.69) is 36.6 Å². The van der Waals surface area contributed by atoms with Gasteiger partial charge in [-0.1, -0.05) is 56.3 Å². The van der Waals surface area contributed by atoms with Crippen LogP contribution in [0.2, 0.25) is 0 Å². The number of hydrogen-bond donors (Lipinski definition) is 2. The average Bonchev–Trinajstić information content (AvgIpc) is 2.90. The van der Waals surface area contributed by atoms with E-state index >= 15 is 0 Å². The summed E-state index contributed by atoms with van der Waals surface area (Å²) in [5.74, 6) is 0.506. The number of aryl methyl sites for hydroxylation is 1. The Balaban J connectivity index is 1.45. The summed E-state index contributed by atoms with van der Waals surface area (Å²) < 4.78 is 5.71. The minimum absolute atomic E-state index is 0.0570. The smallest absolute Gasteiger partial charge is 0.242 e. The molecule has 3 heterocycles. The number of piperidine rings is 1. The lowest BCUT2D eigenvalue weighted by Gasteiger charge is -2.41. The molecule has 1 aromatic rings. The molecule has 1 aromatic carbocycles. The molecule has 1 spiro atoms. The van der Waals surface area contributed by atoms with Crippen LogP contribution < -0.4 is 10.6 Å². The molecule has 3 aliphatic rings. The summed E-state index contributed by atoms with van der Waals surface area (Å²) in [6.07, 6.45) is 9.54. The topological polar surface area (TPSA) is 87.7 Å². The second kappa shape index (κ2) is 12.7. The Morgan fingerprint density at radius 2 is 1.86 bits per heavy atom. The van der Waals surface area contributed by atoms with Crippen LogP contribution in [-0.4, -0.2) is 61.0 Å². The number of ether oxygens (including phenoxy) is 1. The van der Waals surface area contributed by atoms with Gasteiger partial charge in [-0.05, 0) is 56.4 Å². The molecule has 0 aliphatic carbocycles. The Hall–Kier alpha value is -2.67. The minimum Gasteiger partial charge on any atom is -0.381 e. The highest BCUT2D eigenvalue weighted by Gasteiger charge is 2.43. The third-order valence-electron chi connectivity index (χ3n) is 8.27. The Kier molecular flexibility index (Phi) is 9.41. The van der Waals surface area contributed by atoms with Crippen molar-refractivity contribution in [2.45, 2.75) is 77.3 Å². The third-order valence-corrected chi connectivity index (χ3v) is 8.27. The number of benzene rings is 1. The van der Waals surface area contributed by atoms with Crippen molar-refractivity contribution in [1.82, 2.24) is 15.5 Å². The Morgan fingerprint density at radius 3 is 2.59 bits per heavy atom. The SMILES string of the molecule is CC(C)C[C@@H]1NC(=O)C2(C/C=C/C[C@H]3COCC[C@H]3NC1=O)CCN(C(=O)CCc1ccccc1)CC2. The number of nitrogens with one attached hydrogen (secondary N) is 2. The summed E-state index contributed by atoms with van der Waals surface area (Å²) in [5.41, 5.74) is 0.553. The van der Waals surface area contributed by atoms with Crippen molar-refractivity contribution in [3.63, 3.8) is 0 Å². The molecule has 0 bridgehead atoms. The van der Waals surface area contributed by atoms with Gasteiger partial charge >= 0.3 is 0 Å². The standard InChI is InChI=1S/C30H43N3O4/c1-22(2)20-26-28(35)31-25-13-19-37-21-24(25)10-6-7-14-30(29(36)32-26)15-17-33(18-16-30)27(34)12-11-23-8-4-3-5-9-23/h3-9,22,24-26H,10-21H2,1-2H3,(H,31,35)(H,32,36)/b7-6+/t24-,25+,26-/m0/s1. The molecule has 7 heteroatoms. The van der Waals surface area contributed by atoms with E-state index in [9.17, 15) is 14.4 Å². The zero-order valence-corrected chi connectivity index (χ0v) is 22.4. The third kappa shape index (κ3) is 7.22. The van der Waals surface area contributed by atoms with Gasteiger partial charge in [0, 0.05) is 38.1 Å². The summed E-state index contributed by atoms with van der Waals surface area (Å²) in [6, 6.07) is 9.58. The molecule has 37 heavy (non-hydrogen) atoms. The fraction of sp³-hybridized carbons (Fsp3) is 0.633. The van der Waals surface area contributed by atoms with Crippen molar-refractivity contribution in [3.05, 3.63) is 48.0 Å². The fourth-order valence-electron chi connectivity index (χ4n) is 5.86. The first-order valence-electron chi connectivity index (χ1n) is 14.0. The normalized spacial score (nSPS) is 27.4. The van der Waals surface area contributed by atoms with Crippen LogP contribution in [-0.2, 0) is 25.5 Å². The number of likely N-dealkylation sites (tertiary alicyclic amines) is 1. The molecule has 3 atom stereocenters. The second-order valence-electron chi connectivity index (χ2n) is 11.5. The van der Waals surface area contributed by atoms with E-state index in [4.69, 9.17) is 4.74 Å². The first kappa shape index (κ1) is 27.4. The number of fused-ring (bicyclic) bond motifs is 1. The molecule has 2 saturated heterocycles. The molecule has 4 rings (SSSR count). The van der Waals surface area contributed by atoms with Gasteiger partial charge in [0.2, 0.25) is 17.7 Å². The van der Waals surface area contributed by atoms with Crippen LogP contribution in [0.4, 0.5) is 0 Å². The lowest BCUT2D eigenvalue weighted by atomic mass is 9.74. The predicted octanol–water partition coefficient (Wildman–Crippen LogP) is 3.63. The monoisotopic (exact) mass is 509 g/mol. The van der Waals surface area contributed by atoms with Gasteiger partial charge < -0.3 is 20.3 Å². The first-order valence-corrected chi connectivity index (χ1v) is 14.0. The number of nitrogens with zero attached hydrogens (tertiary/aromatic N) is 1. The number of hydrogen-bond acceptors (Lipinski definition) is 4. The zero-order valence-electron chi connectivity index (χ0n) is 22.4. The molecule has 3 aliphatic heterocycles. The van der Waals surface area contributed by atoms with Crippen LogP contribution in [0.3, 0.4) is 0 Å². The maximum Gasteiger partial charge on any atom is 0.242 e. The predicted molar refractivity (Wildman–Crippen MR) is 144 cm³/mol. The highest BCUT2D eigenvalue weighted by Crippen LogP contribution is 2.37. The quantitative estimate of drug-likeness (QED) is 0.594. The first-order chi connectivity index (χ1) is 17.9. The second-order valence-corrected chi connectivity index (χ2v) is 11.5. The maximum absolute atomic E-state index is 13.8. The summed E-state index contributed by atoms with van der Waals surface area (Å²) in [5, 5.41) is 6.38. The molecule has 202 valence electrons. The van der Waals surface area contributed by atoms with Gasteiger partial charge in [-0.25, -0.2) is 0 Å². The van der Waals surface area contributed by atoms with Gasteiger partial charge in [0.05, 0.1) is 12.0 Å². The van der Waals surface area contributed by atoms with Gasteiger partial charge in [0.25, 0.3) is 0 Å². The zero-order chi connectivity index (χ0) is 26.3. The fourth-order valence-corrected chi connectivity index (χ4v) is 5.86. The van der Waals surface area contributed by atoms with Crippen LogP contribution in [0.25, 0.3) is 0 Å². The molecular weight excluding hydrogens is 466 g/mol. The number of amides is 3. The van der Waals surface area contributed by atoms with E-state index in [1.165, 1.54) is 0 Å². The van der Waals surface area contributed by atoms with Crippen molar-refractivity contribution in [1.29, 1.82) is 0 Å². The van der Waals surface area contributed by atoms with E-state index in [1.54, 1.807) is 0 Å². The molecule has 7 nitrogen and oxygen atoms in total. The summed E-state index contributed by atoms with van der Waals surface area (Å²) >= 11 is 0. The van der Waals surface area contributed by atoms with E-state index in [0.717, 1.165) is 24.8 Å². The van der Waals surface area contributed by atoms with Crippen LogP contribution in [0.5, 0.6) is 0 Å². The summed E-state index contributed by atoms with van der Waals surface area (Å²) in [4.78, 5) is 41.9. The van der Waals surface area contributed by atoms with Gasteiger partial charge in [0.15, 0.2) is 0 Å². The van der Waals surface area contributed by atoms with E-state index in [0.29, 0.717) is 58.4 Å². The lowest BCUT2D eigenvalue weighted by molar-refractivity contribution is -0.142. The lowest BCUT2D eigenvalue weighted by Crippen LogP contribution is -2.57. The minimum atomic E-state index is -0.607. The Bertz CT molecular complexity index is 953. The molecule has 3 amide bonds. The average molecular weight is 510 g/mol. The van der Waals surface area contributed by atoms with Crippen molar-refractivity contribution < 1.29 is 19.1 Å². The van der Waals surface area contributed by atoms with Crippen LogP contribution in [0.1, 0.15) is 64.4 Å². The molecule has 2 N–H and O–H groups in total. The highest BCUT2D eigenvalue weighted by molar-refractivity contribution is 5.90. The summed E-state index contributed by atoms with van der Waals surface area (Å²) in [6.45, 7) is 6.57. The summed E-state index contributed by atoms with van der Waals surface area (Å²) in [7, 11) is 0. The van der Waals surface area contributed by atoms with Crippen LogP contribution >= 0.6 is 0 Å². The molecule has 0 unspecified atom stereocenters. The Labute approximate surface area is 221 Å². The molecular formula is C30H43N3O4. The Morgan fingerprint density at radius 1 is 1.11 bits per heavy atom. The molecule has 0 saturated carbocycles. The van der Waals surface area contributed by atoms with Gasteiger partial charge in [-0.3, -0.25) is 14.4 Å². The van der Waals surface area contributed by atoms with Gasteiger partial charge in [-0.15, -0.1) is 0 Å². The molecule has 0 aromatic heterocycles. The maximum atomic E-state index is 13.8. The number of allylic oxidation sites excluding steroid dienone is 2. The largest absolute Gasteiger partial charge is 0.381 e. The van der Waals surface area contributed by atoms with Gasteiger partial charge in [0.1, 0.15) is 6.04 Å². The van der Waals surface area contributed by atoms with E-state index < -0.39 is 11.5 Å². The van der Waals surface area contributed by atoms with E-state index in [1.807, 2.05) is 35.2 Å². The number of carbonyl (C=O) groups excluding carboxylic acids is 3. The van der Waals surface area contributed by atoms with Crippen LogP contribution in [0.15, 0.2) is 42.5 Å². The van der Waals surface area contributed by atoms with Crippen molar-refractivity contribution in [2.75, 3.05) is 26.3 Å². The van der Waals surface area contributed by atoms with Gasteiger partial charge in [-0.2, -0.15) is 0 Å². The molecule has 0 radical (unpaired) electrons. The number of carbonyl (C=O) groups is 3. The van der Waals surface area contributed by atoms with Crippen molar-refractivity contribution in [3.8, 4) is 0 Å². The number of rotatable bonds is 5. The molecule has 2 fully saturated rings. The van der Waals surface area contributed by atoms with Crippen molar-refractivity contribution >= 4 is 17.7 Å². The van der Waals surface area contributed by atoms with Crippen molar-refractivity contribution in [2.24, 2.45) is 17.3 Å².